The fourth-order valence-corrected chi connectivity index (χ4v) is 3.09. The Balaban J connectivity index is 2.04. The summed E-state index contributed by atoms with van der Waals surface area (Å²) < 4.78 is 0. The van der Waals surface area contributed by atoms with Crippen molar-refractivity contribution in [2.45, 2.75) is 46.6 Å². The number of likely N-dealkylation sites (tertiary alicyclic amines) is 1. The highest BCUT2D eigenvalue weighted by Crippen LogP contribution is 2.22. The Labute approximate surface area is 116 Å². The van der Waals surface area contributed by atoms with E-state index in [0.717, 1.165) is 23.6 Å². The first-order valence-electron chi connectivity index (χ1n) is 7.32. The van der Waals surface area contributed by atoms with Gasteiger partial charge in [0.2, 0.25) is 0 Å². The van der Waals surface area contributed by atoms with Crippen molar-refractivity contribution in [3.8, 4) is 0 Å². The normalized spacial score (nSPS) is 24.4. The Hall–Kier alpha value is -1.15. The van der Waals surface area contributed by atoms with E-state index in [0.29, 0.717) is 12.6 Å². The summed E-state index contributed by atoms with van der Waals surface area (Å²) in [6, 6.07) is 6.62. The van der Waals surface area contributed by atoms with Gasteiger partial charge in [0.15, 0.2) is 5.78 Å². The first-order valence-corrected chi connectivity index (χ1v) is 7.32. The predicted molar refractivity (Wildman–Crippen MR) is 79.7 cm³/mol. The minimum Gasteiger partial charge on any atom is -0.293 e. The Morgan fingerprint density at radius 1 is 1.32 bits per heavy atom. The van der Waals surface area contributed by atoms with Gasteiger partial charge in [-0.05, 0) is 51.6 Å². The second kappa shape index (κ2) is 5.87. The summed E-state index contributed by atoms with van der Waals surface area (Å²) in [4.78, 5) is 14.8. The molecule has 0 aromatic heterocycles. The molecular formula is C17H25NO. The number of rotatable bonds is 3. The number of hydrogen-bond donors (Lipinski definition) is 0. The molecule has 0 radical (unpaired) electrons. The molecule has 2 unspecified atom stereocenters. The molecule has 2 atom stereocenters. The molecule has 2 rings (SSSR count). The maximum atomic E-state index is 12.4. The highest BCUT2D eigenvalue weighted by molar-refractivity contribution is 5.99. The summed E-state index contributed by atoms with van der Waals surface area (Å²) in [6.45, 7) is 10.3. The third kappa shape index (κ3) is 3.44. The Kier molecular flexibility index (Phi) is 4.41. The SMILES string of the molecule is Cc1ccc(C(=O)CN2CCC(C)CC2C)c(C)c1. The van der Waals surface area contributed by atoms with E-state index in [4.69, 9.17) is 0 Å². The number of piperidine rings is 1. The minimum atomic E-state index is 0.263. The molecule has 1 aliphatic heterocycles. The minimum absolute atomic E-state index is 0.263. The van der Waals surface area contributed by atoms with E-state index in [-0.39, 0.29) is 5.78 Å². The molecule has 0 amide bonds. The number of hydrogen-bond acceptors (Lipinski definition) is 2. The molecule has 1 aliphatic rings. The van der Waals surface area contributed by atoms with Gasteiger partial charge in [0.25, 0.3) is 0 Å². The van der Waals surface area contributed by atoms with Crippen LogP contribution in [0.15, 0.2) is 18.2 Å². The number of aryl methyl sites for hydroxylation is 2. The topological polar surface area (TPSA) is 20.3 Å². The Morgan fingerprint density at radius 3 is 2.68 bits per heavy atom. The maximum absolute atomic E-state index is 12.4. The summed E-state index contributed by atoms with van der Waals surface area (Å²) in [5.41, 5.74) is 3.20. The van der Waals surface area contributed by atoms with Crippen LogP contribution in [0.5, 0.6) is 0 Å². The van der Waals surface area contributed by atoms with Gasteiger partial charge in [-0.15, -0.1) is 0 Å². The highest BCUT2D eigenvalue weighted by atomic mass is 16.1. The zero-order valence-electron chi connectivity index (χ0n) is 12.6. The lowest BCUT2D eigenvalue weighted by Gasteiger charge is -2.36. The van der Waals surface area contributed by atoms with Gasteiger partial charge in [0, 0.05) is 11.6 Å². The van der Waals surface area contributed by atoms with Gasteiger partial charge in [0.1, 0.15) is 0 Å². The zero-order chi connectivity index (χ0) is 14.0. The molecule has 0 aliphatic carbocycles. The van der Waals surface area contributed by atoms with Crippen LogP contribution < -0.4 is 0 Å². The van der Waals surface area contributed by atoms with E-state index < -0.39 is 0 Å². The van der Waals surface area contributed by atoms with Gasteiger partial charge in [-0.1, -0.05) is 30.7 Å². The molecule has 0 N–H and O–H groups in total. The average molecular weight is 259 g/mol. The first kappa shape index (κ1) is 14.3. The van der Waals surface area contributed by atoms with Crippen molar-refractivity contribution >= 4 is 5.78 Å². The van der Waals surface area contributed by atoms with Crippen LogP contribution in [0.3, 0.4) is 0 Å². The number of benzene rings is 1. The van der Waals surface area contributed by atoms with Gasteiger partial charge >= 0.3 is 0 Å². The molecule has 1 aromatic carbocycles. The van der Waals surface area contributed by atoms with Crippen LogP contribution in [0, 0.1) is 19.8 Å². The Morgan fingerprint density at radius 2 is 2.05 bits per heavy atom. The monoisotopic (exact) mass is 259 g/mol. The molecule has 104 valence electrons. The second-order valence-electron chi connectivity index (χ2n) is 6.19. The summed E-state index contributed by atoms with van der Waals surface area (Å²) >= 11 is 0. The molecule has 1 aromatic rings. The fraction of sp³-hybridized carbons (Fsp3) is 0.588. The van der Waals surface area contributed by atoms with E-state index in [2.05, 4.69) is 31.7 Å². The smallest absolute Gasteiger partial charge is 0.177 e. The Bertz CT molecular complexity index is 466. The largest absolute Gasteiger partial charge is 0.293 e. The summed E-state index contributed by atoms with van der Waals surface area (Å²) in [5.74, 6) is 1.06. The average Bonchev–Trinajstić information content (AvgIpc) is 2.32. The zero-order valence-corrected chi connectivity index (χ0v) is 12.6. The molecule has 1 saturated heterocycles. The predicted octanol–water partition coefficient (Wildman–Crippen LogP) is 3.61. The second-order valence-corrected chi connectivity index (χ2v) is 6.19. The van der Waals surface area contributed by atoms with E-state index in [9.17, 15) is 4.79 Å². The number of Topliss-reactive ketones (excluding diaryl/α,β-unsaturated/α-hetero) is 1. The van der Waals surface area contributed by atoms with Crippen LogP contribution in [-0.2, 0) is 0 Å². The quantitative estimate of drug-likeness (QED) is 0.773. The summed E-state index contributed by atoms with van der Waals surface area (Å²) in [7, 11) is 0. The van der Waals surface area contributed by atoms with Crippen LogP contribution in [0.2, 0.25) is 0 Å². The molecule has 19 heavy (non-hydrogen) atoms. The van der Waals surface area contributed by atoms with Crippen LogP contribution in [0.4, 0.5) is 0 Å². The van der Waals surface area contributed by atoms with Gasteiger partial charge in [0.05, 0.1) is 6.54 Å². The molecule has 2 heteroatoms. The van der Waals surface area contributed by atoms with Crippen LogP contribution in [0.1, 0.15) is 48.2 Å². The molecule has 2 nitrogen and oxygen atoms in total. The van der Waals surface area contributed by atoms with Crippen LogP contribution in [-0.4, -0.2) is 29.8 Å². The van der Waals surface area contributed by atoms with E-state index >= 15 is 0 Å². The molecule has 0 bridgehead atoms. The van der Waals surface area contributed by atoms with Crippen molar-refractivity contribution in [3.63, 3.8) is 0 Å². The summed E-state index contributed by atoms with van der Waals surface area (Å²) in [5, 5.41) is 0. The lowest BCUT2D eigenvalue weighted by Crippen LogP contribution is -2.43. The van der Waals surface area contributed by atoms with Gasteiger partial charge < -0.3 is 0 Å². The molecular weight excluding hydrogens is 234 g/mol. The third-order valence-electron chi connectivity index (χ3n) is 4.30. The summed E-state index contributed by atoms with van der Waals surface area (Å²) in [6.07, 6.45) is 2.42. The number of carbonyl (C=O) groups is 1. The van der Waals surface area contributed by atoms with Crippen molar-refractivity contribution in [2.24, 2.45) is 5.92 Å². The molecule has 1 fully saturated rings. The van der Waals surface area contributed by atoms with Crippen LogP contribution >= 0.6 is 0 Å². The first-order chi connectivity index (χ1) is 8.97. The molecule has 0 saturated carbocycles. The van der Waals surface area contributed by atoms with E-state index in [1.165, 1.54) is 18.4 Å². The van der Waals surface area contributed by atoms with E-state index in [1.54, 1.807) is 0 Å². The van der Waals surface area contributed by atoms with Gasteiger partial charge in [-0.2, -0.15) is 0 Å². The molecule has 0 spiro atoms. The van der Waals surface area contributed by atoms with Gasteiger partial charge in [-0.25, -0.2) is 0 Å². The van der Waals surface area contributed by atoms with Crippen LogP contribution in [0.25, 0.3) is 0 Å². The number of nitrogens with zero attached hydrogens (tertiary/aromatic N) is 1. The third-order valence-corrected chi connectivity index (χ3v) is 4.30. The maximum Gasteiger partial charge on any atom is 0.177 e. The van der Waals surface area contributed by atoms with E-state index in [1.807, 2.05) is 19.1 Å². The highest BCUT2D eigenvalue weighted by Gasteiger charge is 2.25. The number of ketones is 1. The van der Waals surface area contributed by atoms with Crippen molar-refractivity contribution in [1.82, 2.24) is 4.90 Å². The fourth-order valence-electron chi connectivity index (χ4n) is 3.09. The lowest BCUT2D eigenvalue weighted by atomic mass is 9.92. The lowest BCUT2D eigenvalue weighted by molar-refractivity contribution is 0.0816. The van der Waals surface area contributed by atoms with Crippen molar-refractivity contribution < 1.29 is 4.79 Å². The van der Waals surface area contributed by atoms with Crippen molar-refractivity contribution in [1.29, 1.82) is 0 Å². The molecule has 1 heterocycles. The standard InChI is InChI=1S/C17H25NO/c1-12-5-6-16(14(3)9-12)17(19)11-18-8-7-13(2)10-15(18)4/h5-6,9,13,15H,7-8,10-11H2,1-4H3. The number of carbonyl (C=O) groups excluding carboxylic acids is 1. The van der Waals surface area contributed by atoms with Crippen molar-refractivity contribution in [3.05, 3.63) is 34.9 Å². The van der Waals surface area contributed by atoms with Crippen molar-refractivity contribution in [2.75, 3.05) is 13.1 Å². The van der Waals surface area contributed by atoms with Gasteiger partial charge in [-0.3, -0.25) is 9.69 Å².